The minimum Gasteiger partial charge on any atom is -0.465 e. The minimum atomic E-state index is -1.15. The van der Waals surface area contributed by atoms with Gasteiger partial charge in [-0.1, -0.05) is 0 Å². The molecule has 2 unspecified atom stereocenters. The highest BCUT2D eigenvalue weighted by molar-refractivity contribution is 5.69. The Morgan fingerprint density at radius 3 is 1.18 bits per heavy atom. The fourth-order valence-electron chi connectivity index (χ4n) is 3.19. The van der Waals surface area contributed by atoms with E-state index in [-0.39, 0.29) is 19.6 Å². The maximum absolute atomic E-state index is 11.6. The van der Waals surface area contributed by atoms with Gasteiger partial charge in [0.05, 0.1) is 13.2 Å². The van der Waals surface area contributed by atoms with Crippen molar-refractivity contribution >= 4 is 29.8 Å². The summed E-state index contributed by atoms with van der Waals surface area (Å²) in [5.74, 6) is -4.17. The Morgan fingerprint density at radius 2 is 0.893 bits per heavy atom. The highest BCUT2D eigenvalue weighted by Gasteiger charge is 2.51. The monoisotopic (exact) mass is 402 g/mol. The first-order valence-electron chi connectivity index (χ1n) is 8.79. The summed E-state index contributed by atoms with van der Waals surface area (Å²) in [6, 6.07) is 0. The van der Waals surface area contributed by atoms with Crippen LogP contribution in [0, 0.1) is 11.8 Å². The van der Waals surface area contributed by atoms with Crippen molar-refractivity contribution in [3.8, 4) is 0 Å². The summed E-state index contributed by atoms with van der Waals surface area (Å²) in [7, 11) is 0. The van der Waals surface area contributed by atoms with Crippen LogP contribution in [0.25, 0.3) is 0 Å². The molecular formula is C18H26O10. The van der Waals surface area contributed by atoms with Crippen molar-refractivity contribution in [2.75, 3.05) is 13.2 Å². The van der Waals surface area contributed by atoms with E-state index in [0.29, 0.717) is 0 Å². The van der Waals surface area contributed by atoms with E-state index >= 15 is 0 Å². The number of carbonyl (C=O) groups is 5. The summed E-state index contributed by atoms with van der Waals surface area (Å²) in [6.45, 7) is 5.74. The quantitative estimate of drug-likeness (QED) is 0.439. The predicted molar refractivity (Wildman–Crippen MR) is 91.5 cm³/mol. The van der Waals surface area contributed by atoms with Crippen LogP contribution in [0.4, 0.5) is 0 Å². The van der Waals surface area contributed by atoms with Gasteiger partial charge in [-0.3, -0.25) is 24.0 Å². The minimum absolute atomic E-state index is 0.117. The molecule has 0 N–H and O–H groups in total. The van der Waals surface area contributed by atoms with Crippen molar-refractivity contribution in [3.05, 3.63) is 0 Å². The van der Waals surface area contributed by atoms with Crippen LogP contribution < -0.4 is 0 Å². The molecule has 10 heteroatoms. The first-order chi connectivity index (χ1) is 13.0. The van der Waals surface area contributed by atoms with E-state index in [1.807, 2.05) is 0 Å². The lowest BCUT2D eigenvalue weighted by Gasteiger charge is -2.44. The van der Waals surface area contributed by atoms with Crippen molar-refractivity contribution in [1.82, 2.24) is 0 Å². The van der Waals surface area contributed by atoms with Crippen LogP contribution in [0.2, 0.25) is 0 Å². The first kappa shape index (κ1) is 23.4. The molecule has 1 aliphatic rings. The fraction of sp³-hybridized carbons (Fsp3) is 0.722. The second-order valence-electron chi connectivity index (χ2n) is 6.58. The van der Waals surface area contributed by atoms with Crippen molar-refractivity contribution in [1.29, 1.82) is 0 Å². The molecule has 1 fully saturated rings. The molecule has 28 heavy (non-hydrogen) atoms. The molecule has 0 aromatic carbocycles. The number of esters is 5. The standard InChI is InChI=1S/C18H26O10/c1-9(19)24-7-14-6-15(8-25-10(2)20)17(27-12(4)22)18(28-13(5)23)16(14)26-11(3)21/h14-18H,6-8H2,1-5H3/t14-,15?,16-,17+,18?/m1/s1. The van der Waals surface area contributed by atoms with Crippen LogP contribution in [0.1, 0.15) is 41.0 Å². The molecule has 0 aromatic heterocycles. The molecule has 0 aliphatic heterocycles. The van der Waals surface area contributed by atoms with Crippen molar-refractivity contribution in [3.63, 3.8) is 0 Å². The van der Waals surface area contributed by atoms with E-state index in [1.165, 1.54) is 27.7 Å². The van der Waals surface area contributed by atoms with Crippen LogP contribution >= 0.6 is 0 Å². The average Bonchev–Trinajstić information content (AvgIpc) is 2.54. The van der Waals surface area contributed by atoms with E-state index in [9.17, 15) is 24.0 Å². The van der Waals surface area contributed by atoms with Gasteiger partial charge in [0.25, 0.3) is 0 Å². The number of hydrogen-bond donors (Lipinski definition) is 0. The zero-order chi connectivity index (χ0) is 21.4. The number of ether oxygens (including phenoxy) is 5. The zero-order valence-electron chi connectivity index (χ0n) is 16.6. The van der Waals surface area contributed by atoms with Gasteiger partial charge in [0, 0.05) is 46.5 Å². The summed E-state index contributed by atoms with van der Waals surface area (Å²) < 4.78 is 26.1. The van der Waals surface area contributed by atoms with Crippen molar-refractivity contribution in [2.24, 2.45) is 11.8 Å². The lowest BCUT2D eigenvalue weighted by atomic mass is 9.75. The first-order valence-corrected chi connectivity index (χ1v) is 8.79. The fourth-order valence-corrected chi connectivity index (χ4v) is 3.19. The third-order valence-electron chi connectivity index (χ3n) is 4.09. The molecule has 0 heterocycles. The molecular weight excluding hydrogens is 376 g/mol. The smallest absolute Gasteiger partial charge is 0.303 e. The molecule has 0 saturated heterocycles. The van der Waals surface area contributed by atoms with Crippen LogP contribution in [0.5, 0.6) is 0 Å². The average molecular weight is 402 g/mol. The Hall–Kier alpha value is -2.65. The second-order valence-corrected chi connectivity index (χ2v) is 6.58. The SMILES string of the molecule is CC(=O)OCC1C[C@H](COC(C)=O)[C@@H](OC(C)=O)C(OC(C)=O)[C@H]1OC(C)=O. The molecule has 0 aromatic rings. The van der Waals surface area contributed by atoms with Crippen LogP contribution in [-0.2, 0) is 47.7 Å². The van der Waals surface area contributed by atoms with Crippen LogP contribution in [0.15, 0.2) is 0 Å². The highest BCUT2D eigenvalue weighted by atomic mass is 16.6. The third kappa shape index (κ3) is 7.53. The Morgan fingerprint density at radius 1 is 0.571 bits per heavy atom. The van der Waals surface area contributed by atoms with Gasteiger partial charge in [-0.2, -0.15) is 0 Å². The summed E-state index contributed by atoms with van der Waals surface area (Å²) in [4.78, 5) is 57.3. The molecule has 1 saturated carbocycles. The third-order valence-corrected chi connectivity index (χ3v) is 4.09. The second kappa shape index (κ2) is 10.6. The van der Waals surface area contributed by atoms with Crippen molar-refractivity contribution in [2.45, 2.75) is 59.4 Å². The Kier molecular flexibility index (Phi) is 8.87. The zero-order valence-corrected chi connectivity index (χ0v) is 16.6. The lowest BCUT2D eigenvalue weighted by molar-refractivity contribution is -0.211. The normalized spacial score (nSPS) is 26.5. The molecule has 0 bridgehead atoms. The van der Waals surface area contributed by atoms with Crippen LogP contribution in [0.3, 0.4) is 0 Å². The number of hydrogen-bond acceptors (Lipinski definition) is 10. The molecule has 0 spiro atoms. The Balaban J connectivity index is 3.26. The summed E-state index contributed by atoms with van der Waals surface area (Å²) in [5, 5.41) is 0. The predicted octanol–water partition coefficient (Wildman–Crippen LogP) is 0.544. The molecule has 10 nitrogen and oxygen atoms in total. The maximum Gasteiger partial charge on any atom is 0.303 e. The molecule has 1 rings (SSSR count). The van der Waals surface area contributed by atoms with E-state index in [0.717, 1.165) is 6.92 Å². The van der Waals surface area contributed by atoms with Gasteiger partial charge in [0.15, 0.2) is 6.10 Å². The summed E-state index contributed by atoms with van der Waals surface area (Å²) in [5.41, 5.74) is 0. The van der Waals surface area contributed by atoms with E-state index in [1.54, 1.807) is 0 Å². The molecule has 0 radical (unpaired) electrons. The maximum atomic E-state index is 11.6. The van der Waals surface area contributed by atoms with Gasteiger partial charge in [-0.15, -0.1) is 0 Å². The Bertz CT molecular complexity index is 569. The van der Waals surface area contributed by atoms with Crippen molar-refractivity contribution < 1.29 is 47.7 Å². The Labute approximate surface area is 162 Å². The van der Waals surface area contributed by atoms with Gasteiger partial charge < -0.3 is 23.7 Å². The lowest BCUT2D eigenvalue weighted by Crippen LogP contribution is -2.57. The molecule has 0 amide bonds. The van der Waals surface area contributed by atoms with Gasteiger partial charge in [-0.25, -0.2) is 0 Å². The summed E-state index contributed by atoms with van der Waals surface area (Å²) in [6.07, 6.45) is -2.95. The molecule has 158 valence electrons. The largest absolute Gasteiger partial charge is 0.465 e. The highest BCUT2D eigenvalue weighted by Crippen LogP contribution is 2.36. The number of rotatable bonds is 7. The molecule has 5 atom stereocenters. The van der Waals surface area contributed by atoms with Gasteiger partial charge in [0.1, 0.15) is 12.2 Å². The van der Waals surface area contributed by atoms with Gasteiger partial charge >= 0.3 is 29.8 Å². The van der Waals surface area contributed by atoms with Crippen LogP contribution in [-0.4, -0.2) is 61.4 Å². The summed E-state index contributed by atoms with van der Waals surface area (Å²) >= 11 is 0. The van der Waals surface area contributed by atoms with Gasteiger partial charge in [0.2, 0.25) is 0 Å². The topological polar surface area (TPSA) is 132 Å². The number of carbonyl (C=O) groups excluding carboxylic acids is 5. The molecule has 1 aliphatic carbocycles. The van der Waals surface area contributed by atoms with E-state index in [2.05, 4.69) is 0 Å². The van der Waals surface area contributed by atoms with E-state index in [4.69, 9.17) is 23.7 Å². The van der Waals surface area contributed by atoms with Gasteiger partial charge in [-0.05, 0) is 6.42 Å². The van der Waals surface area contributed by atoms with E-state index < -0.39 is 60.0 Å².